The van der Waals surface area contributed by atoms with Crippen molar-refractivity contribution < 1.29 is 0 Å². The Bertz CT molecular complexity index is 1770. The molecule has 0 saturated carbocycles. The second kappa shape index (κ2) is 7.70. The maximum atomic E-state index is 2.40. The zero-order chi connectivity index (χ0) is 24.4. The maximum absolute atomic E-state index is 2.40. The average Bonchev–Trinajstić information content (AvgIpc) is 3.43. The van der Waals surface area contributed by atoms with Gasteiger partial charge in [-0.2, -0.15) is 0 Å². The van der Waals surface area contributed by atoms with Crippen LogP contribution in [-0.4, -0.2) is 4.57 Å². The molecule has 0 radical (unpaired) electrons. The number of rotatable bonds is 2. The average molecular weight is 464 g/mol. The molecule has 0 unspecified atom stereocenters. The van der Waals surface area contributed by atoms with Crippen molar-refractivity contribution in [1.29, 1.82) is 0 Å². The summed E-state index contributed by atoms with van der Waals surface area (Å²) in [5, 5.41) is 2.59. The van der Waals surface area contributed by atoms with Crippen LogP contribution >= 0.6 is 0 Å². The summed E-state index contributed by atoms with van der Waals surface area (Å²) < 4.78 is 2.40. The van der Waals surface area contributed by atoms with Crippen molar-refractivity contribution in [3.8, 4) is 27.9 Å². The molecule has 0 amide bonds. The number of benzene rings is 5. The monoisotopic (exact) mass is 463 g/mol. The Balaban J connectivity index is 1.39. The molecule has 1 aliphatic carbocycles. The van der Waals surface area contributed by atoms with E-state index in [0.717, 1.165) is 6.42 Å². The molecule has 7 rings (SSSR count). The molecule has 1 heterocycles. The predicted molar refractivity (Wildman–Crippen MR) is 153 cm³/mol. The molecule has 174 valence electrons. The van der Waals surface area contributed by atoms with Gasteiger partial charge in [0, 0.05) is 16.5 Å². The zero-order valence-corrected chi connectivity index (χ0v) is 21.0. The summed E-state index contributed by atoms with van der Waals surface area (Å²) in [6.45, 7) is 6.80. The number of hydrogen-bond donors (Lipinski definition) is 0. The summed E-state index contributed by atoms with van der Waals surface area (Å²) in [6.07, 6.45) is 1.03. The van der Waals surface area contributed by atoms with Gasteiger partial charge in [-0.15, -0.1) is 0 Å². The summed E-state index contributed by atoms with van der Waals surface area (Å²) in [7, 11) is 0. The Morgan fingerprint density at radius 2 is 1.22 bits per heavy atom. The van der Waals surface area contributed by atoms with Crippen LogP contribution in [0.5, 0.6) is 0 Å². The highest BCUT2D eigenvalue weighted by Crippen LogP contribution is 2.40. The molecule has 0 aliphatic heterocycles. The van der Waals surface area contributed by atoms with Gasteiger partial charge >= 0.3 is 0 Å². The highest BCUT2D eigenvalue weighted by Gasteiger charge is 2.19. The van der Waals surface area contributed by atoms with Gasteiger partial charge in [0.25, 0.3) is 0 Å². The summed E-state index contributed by atoms with van der Waals surface area (Å²) in [6, 6.07) is 40.6. The number of fused-ring (bicyclic) bond motifs is 6. The van der Waals surface area contributed by atoms with Gasteiger partial charge in [0.15, 0.2) is 0 Å². The Kier molecular flexibility index (Phi) is 4.53. The van der Waals surface area contributed by atoms with Crippen LogP contribution in [0.3, 0.4) is 0 Å². The van der Waals surface area contributed by atoms with Crippen molar-refractivity contribution in [2.75, 3.05) is 0 Å². The van der Waals surface area contributed by atoms with E-state index in [1.165, 1.54) is 66.4 Å². The fourth-order valence-corrected chi connectivity index (χ4v) is 5.84. The molecule has 36 heavy (non-hydrogen) atoms. The molecule has 1 aromatic heterocycles. The standard InChI is InChI=1S/C35H29N/c1-35(2,3)27-15-17-28(18-16-27)36-33-11-7-6-10-30(33)32-22-24(14-19-34(32)36)23-12-13-26-20-25-8-4-5-9-29(25)31(26)21-23/h4-19,21-22H,20H2,1-3H3. The molecule has 0 bridgehead atoms. The minimum atomic E-state index is 0.143. The van der Waals surface area contributed by atoms with E-state index in [2.05, 4.69) is 135 Å². The lowest BCUT2D eigenvalue weighted by molar-refractivity contribution is 0.590. The van der Waals surface area contributed by atoms with Gasteiger partial charge in [0.1, 0.15) is 0 Å². The Morgan fingerprint density at radius 3 is 2.06 bits per heavy atom. The molecule has 6 aromatic rings. The van der Waals surface area contributed by atoms with Crippen molar-refractivity contribution in [3.63, 3.8) is 0 Å². The molecule has 1 aliphatic rings. The van der Waals surface area contributed by atoms with Crippen molar-refractivity contribution in [3.05, 3.63) is 126 Å². The molecular formula is C35H29N. The number of para-hydroxylation sites is 1. The largest absolute Gasteiger partial charge is 0.309 e. The van der Waals surface area contributed by atoms with Gasteiger partial charge in [-0.3, -0.25) is 0 Å². The number of aromatic nitrogens is 1. The van der Waals surface area contributed by atoms with E-state index in [1.807, 2.05) is 0 Å². The first-order chi connectivity index (χ1) is 17.5. The second-order valence-corrected chi connectivity index (χ2v) is 11.1. The molecule has 5 aromatic carbocycles. The van der Waals surface area contributed by atoms with Gasteiger partial charge in [-0.25, -0.2) is 0 Å². The zero-order valence-electron chi connectivity index (χ0n) is 21.0. The minimum absolute atomic E-state index is 0.143. The van der Waals surface area contributed by atoms with Crippen LogP contribution in [0.1, 0.15) is 37.5 Å². The van der Waals surface area contributed by atoms with Crippen molar-refractivity contribution in [2.24, 2.45) is 0 Å². The smallest absolute Gasteiger partial charge is 0.0541 e. The van der Waals surface area contributed by atoms with Crippen LogP contribution in [0.4, 0.5) is 0 Å². The molecule has 0 saturated heterocycles. The molecular weight excluding hydrogens is 434 g/mol. The van der Waals surface area contributed by atoms with Crippen LogP contribution in [0.2, 0.25) is 0 Å². The lowest BCUT2D eigenvalue weighted by Gasteiger charge is -2.19. The molecule has 0 fully saturated rings. The highest BCUT2D eigenvalue weighted by molar-refractivity contribution is 6.10. The lowest BCUT2D eigenvalue weighted by atomic mass is 9.87. The third-order valence-electron chi connectivity index (χ3n) is 7.80. The lowest BCUT2D eigenvalue weighted by Crippen LogP contribution is -2.10. The van der Waals surface area contributed by atoms with Crippen molar-refractivity contribution in [2.45, 2.75) is 32.6 Å². The Hall–Kier alpha value is -4.10. The third kappa shape index (κ3) is 3.23. The minimum Gasteiger partial charge on any atom is -0.309 e. The second-order valence-electron chi connectivity index (χ2n) is 11.1. The normalized spacial score (nSPS) is 12.8. The first kappa shape index (κ1) is 21.2. The van der Waals surface area contributed by atoms with Crippen molar-refractivity contribution in [1.82, 2.24) is 4.57 Å². The van der Waals surface area contributed by atoms with Crippen LogP contribution in [0.15, 0.2) is 109 Å². The third-order valence-corrected chi connectivity index (χ3v) is 7.80. The maximum Gasteiger partial charge on any atom is 0.0541 e. The van der Waals surface area contributed by atoms with E-state index < -0.39 is 0 Å². The molecule has 0 spiro atoms. The van der Waals surface area contributed by atoms with E-state index in [0.29, 0.717) is 0 Å². The topological polar surface area (TPSA) is 4.93 Å². The number of nitrogens with zero attached hydrogens (tertiary/aromatic N) is 1. The summed E-state index contributed by atoms with van der Waals surface area (Å²) in [4.78, 5) is 0. The van der Waals surface area contributed by atoms with Gasteiger partial charge in [-0.05, 0) is 87.2 Å². The van der Waals surface area contributed by atoms with E-state index in [4.69, 9.17) is 0 Å². The fourth-order valence-electron chi connectivity index (χ4n) is 5.84. The molecule has 0 atom stereocenters. The Labute approximate surface area is 212 Å². The van der Waals surface area contributed by atoms with Crippen molar-refractivity contribution >= 4 is 21.8 Å². The first-order valence-electron chi connectivity index (χ1n) is 12.8. The fraction of sp³-hybridized carbons (Fsp3) is 0.143. The van der Waals surface area contributed by atoms with E-state index in [1.54, 1.807) is 0 Å². The SMILES string of the molecule is CC(C)(C)c1ccc(-n2c3ccccc3c3cc(-c4ccc5c(c4)-c4ccccc4C5)ccc32)cc1. The van der Waals surface area contributed by atoms with Crippen LogP contribution < -0.4 is 0 Å². The van der Waals surface area contributed by atoms with Gasteiger partial charge in [0.05, 0.1) is 11.0 Å². The van der Waals surface area contributed by atoms with Gasteiger partial charge in [-0.1, -0.05) is 93.6 Å². The number of hydrogen-bond acceptors (Lipinski definition) is 0. The quantitative estimate of drug-likeness (QED) is 0.241. The van der Waals surface area contributed by atoms with E-state index in [-0.39, 0.29) is 5.41 Å². The van der Waals surface area contributed by atoms with Gasteiger partial charge in [0.2, 0.25) is 0 Å². The summed E-state index contributed by atoms with van der Waals surface area (Å²) in [5.41, 5.74) is 13.4. The van der Waals surface area contributed by atoms with Crippen LogP contribution in [0.25, 0.3) is 49.7 Å². The van der Waals surface area contributed by atoms with Crippen LogP contribution in [-0.2, 0) is 11.8 Å². The van der Waals surface area contributed by atoms with E-state index >= 15 is 0 Å². The Morgan fingerprint density at radius 1 is 0.556 bits per heavy atom. The predicted octanol–water partition coefficient (Wildman–Crippen LogP) is 9.32. The molecule has 1 heteroatoms. The molecule has 1 nitrogen and oxygen atoms in total. The van der Waals surface area contributed by atoms with Gasteiger partial charge < -0.3 is 4.57 Å². The van der Waals surface area contributed by atoms with Crippen LogP contribution in [0, 0.1) is 0 Å². The summed E-state index contributed by atoms with van der Waals surface area (Å²) >= 11 is 0. The summed E-state index contributed by atoms with van der Waals surface area (Å²) in [5.74, 6) is 0. The first-order valence-corrected chi connectivity index (χ1v) is 12.8. The van der Waals surface area contributed by atoms with E-state index in [9.17, 15) is 0 Å². The molecule has 0 N–H and O–H groups in total. The highest BCUT2D eigenvalue weighted by atomic mass is 15.0.